The fourth-order valence-corrected chi connectivity index (χ4v) is 1.14. The Balaban J connectivity index is 2.50. The number of halogens is 1. The summed E-state index contributed by atoms with van der Waals surface area (Å²) in [5.74, 6) is 0.397. The summed E-state index contributed by atoms with van der Waals surface area (Å²) in [5.41, 5.74) is 0.544. The molecule has 0 bridgehead atoms. The van der Waals surface area contributed by atoms with E-state index in [1.54, 1.807) is 12.1 Å². The van der Waals surface area contributed by atoms with Crippen LogP contribution >= 0.6 is 11.6 Å². The van der Waals surface area contributed by atoms with Crippen LogP contribution in [0.25, 0.3) is 0 Å². The average Bonchev–Trinajstić information content (AvgIpc) is 2.26. The number of carbonyl (C=O) groups is 1. The number of amides is 1. The third kappa shape index (κ3) is 3.88. The second-order valence-electron chi connectivity index (χ2n) is 3.59. The molecule has 1 heterocycles. The average molecular weight is 227 g/mol. The van der Waals surface area contributed by atoms with Crippen molar-refractivity contribution in [1.29, 1.82) is 0 Å². The van der Waals surface area contributed by atoms with Gasteiger partial charge in [-0.3, -0.25) is 4.79 Å². The summed E-state index contributed by atoms with van der Waals surface area (Å²) < 4.78 is 0. The van der Waals surface area contributed by atoms with Crippen LogP contribution in [-0.2, 0) is 0 Å². The lowest BCUT2D eigenvalue weighted by molar-refractivity contribution is 0.0947. The second kappa shape index (κ2) is 5.71. The van der Waals surface area contributed by atoms with E-state index in [2.05, 4.69) is 24.1 Å². The minimum atomic E-state index is -0.0977. The van der Waals surface area contributed by atoms with Gasteiger partial charge in [-0.2, -0.15) is 0 Å². The van der Waals surface area contributed by atoms with Gasteiger partial charge in [-0.1, -0.05) is 31.9 Å². The first-order valence-electron chi connectivity index (χ1n) is 5.03. The maximum atomic E-state index is 11.6. The van der Waals surface area contributed by atoms with Gasteiger partial charge >= 0.3 is 0 Å². The van der Waals surface area contributed by atoms with Crippen LogP contribution in [0.3, 0.4) is 0 Å². The van der Waals surface area contributed by atoms with E-state index in [-0.39, 0.29) is 5.91 Å². The fourth-order valence-electron chi connectivity index (χ4n) is 1.02. The first-order valence-corrected chi connectivity index (χ1v) is 5.41. The van der Waals surface area contributed by atoms with Crippen LogP contribution < -0.4 is 5.32 Å². The standard InChI is InChI=1S/C11H15ClN2O/c1-3-8(2)6-14-11(15)9-4-5-10(12)13-7-9/h4-5,7-8H,3,6H2,1-2H3,(H,14,15). The first-order chi connectivity index (χ1) is 7.13. The Kier molecular flexibility index (Phi) is 4.56. The molecule has 0 aliphatic heterocycles. The monoisotopic (exact) mass is 226 g/mol. The molecule has 15 heavy (non-hydrogen) atoms. The van der Waals surface area contributed by atoms with Crippen LogP contribution in [0.15, 0.2) is 18.3 Å². The van der Waals surface area contributed by atoms with E-state index < -0.39 is 0 Å². The third-order valence-electron chi connectivity index (χ3n) is 2.30. The van der Waals surface area contributed by atoms with E-state index in [0.717, 1.165) is 6.42 Å². The van der Waals surface area contributed by atoms with E-state index in [1.165, 1.54) is 6.20 Å². The van der Waals surface area contributed by atoms with Crippen molar-refractivity contribution in [2.45, 2.75) is 20.3 Å². The van der Waals surface area contributed by atoms with Gasteiger partial charge in [-0.05, 0) is 18.1 Å². The lowest BCUT2D eigenvalue weighted by atomic mass is 10.1. The van der Waals surface area contributed by atoms with Gasteiger partial charge in [0.2, 0.25) is 0 Å². The Morgan fingerprint density at radius 1 is 1.60 bits per heavy atom. The molecule has 0 aliphatic carbocycles. The molecule has 1 aromatic heterocycles. The SMILES string of the molecule is CCC(C)CNC(=O)c1ccc(Cl)nc1. The van der Waals surface area contributed by atoms with Gasteiger partial charge in [0.15, 0.2) is 0 Å². The lowest BCUT2D eigenvalue weighted by Crippen LogP contribution is -2.28. The van der Waals surface area contributed by atoms with E-state index in [1.807, 2.05) is 0 Å². The molecule has 0 aromatic carbocycles. The van der Waals surface area contributed by atoms with Crippen molar-refractivity contribution in [2.24, 2.45) is 5.92 Å². The molecular formula is C11H15ClN2O. The summed E-state index contributed by atoms with van der Waals surface area (Å²) in [5, 5.41) is 3.24. The summed E-state index contributed by atoms with van der Waals surface area (Å²) in [7, 11) is 0. The molecule has 1 N–H and O–H groups in total. The van der Waals surface area contributed by atoms with Crippen molar-refractivity contribution in [3.63, 3.8) is 0 Å². The molecule has 4 heteroatoms. The van der Waals surface area contributed by atoms with Gasteiger partial charge in [0.25, 0.3) is 5.91 Å². The number of rotatable bonds is 4. The largest absolute Gasteiger partial charge is 0.352 e. The first kappa shape index (κ1) is 12.0. The maximum Gasteiger partial charge on any atom is 0.252 e. The van der Waals surface area contributed by atoms with Crippen LogP contribution in [-0.4, -0.2) is 17.4 Å². The number of nitrogens with zero attached hydrogens (tertiary/aromatic N) is 1. The summed E-state index contributed by atoms with van der Waals surface area (Å²) in [6.07, 6.45) is 2.54. The molecule has 1 aromatic rings. The quantitative estimate of drug-likeness (QED) is 0.802. The van der Waals surface area contributed by atoms with E-state index in [4.69, 9.17) is 11.6 Å². The highest BCUT2D eigenvalue weighted by molar-refractivity contribution is 6.29. The third-order valence-corrected chi connectivity index (χ3v) is 2.52. The highest BCUT2D eigenvalue weighted by atomic mass is 35.5. The fraction of sp³-hybridized carbons (Fsp3) is 0.455. The zero-order valence-corrected chi connectivity index (χ0v) is 9.71. The molecule has 0 saturated heterocycles. The van der Waals surface area contributed by atoms with Crippen molar-refractivity contribution in [1.82, 2.24) is 10.3 Å². The van der Waals surface area contributed by atoms with Crippen LogP contribution in [0.2, 0.25) is 5.15 Å². The van der Waals surface area contributed by atoms with Crippen LogP contribution in [0.4, 0.5) is 0 Å². The van der Waals surface area contributed by atoms with Gasteiger partial charge in [0.1, 0.15) is 5.15 Å². The predicted octanol–water partition coefficient (Wildman–Crippen LogP) is 2.51. The van der Waals surface area contributed by atoms with Gasteiger partial charge in [-0.15, -0.1) is 0 Å². The van der Waals surface area contributed by atoms with Gasteiger partial charge in [0, 0.05) is 12.7 Å². The Labute approximate surface area is 94.9 Å². The highest BCUT2D eigenvalue weighted by Gasteiger charge is 2.06. The van der Waals surface area contributed by atoms with E-state index in [9.17, 15) is 4.79 Å². The number of hydrogen-bond donors (Lipinski definition) is 1. The van der Waals surface area contributed by atoms with Crippen molar-refractivity contribution in [3.05, 3.63) is 29.0 Å². The van der Waals surface area contributed by atoms with Gasteiger partial charge < -0.3 is 5.32 Å². The predicted molar refractivity (Wildman–Crippen MR) is 61.0 cm³/mol. The van der Waals surface area contributed by atoms with Crippen LogP contribution in [0, 0.1) is 5.92 Å². The topological polar surface area (TPSA) is 42.0 Å². The molecule has 0 fully saturated rings. The van der Waals surface area contributed by atoms with Crippen LogP contribution in [0.5, 0.6) is 0 Å². The summed E-state index contributed by atoms with van der Waals surface area (Å²) in [6.45, 7) is 4.89. The maximum absolute atomic E-state index is 11.6. The Morgan fingerprint density at radius 2 is 2.33 bits per heavy atom. The molecule has 0 aliphatic rings. The van der Waals surface area contributed by atoms with Crippen molar-refractivity contribution in [2.75, 3.05) is 6.54 Å². The molecule has 1 rings (SSSR count). The van der Waals surface area contributed by atoms with Crippen molar-refractivity contribution < 1.29 is 4.79 Å². The Morgan fingerprint density at radius 3 is 2.87 bits per heavy atom. The van der Waals surface area contributed by atoms with Gasteiger partial charge in [-0.25, -0.2) is 4.98 Å². The summed E-state index contributed by atoms with van der Waals surface area (Å²) in [6, 6.07) is 3.28. The van der Waals surface area contributed by atoms with Crippen molar-refractivity contribution in [3.8, 4) is 0 Å². The number of hydrogen-bond acceptors (Lipinski definition) is 2. The number of aromatic nitrogens is 1. The van der Waals surface area contributed by atoms with Crippen LogP contribution in [0.1, 0.15) is 30.6 Å². The molecule has 1 amide bonds. The number of nitrogens with one attached hydrogen (secondary N) is 1. The zero-order chi connectivity index (χ0) is 11.3. The Bertz CT molecular complexity index is 324. The number of pyridine rings is 1. The molecule has 0 saturated carbocycles. The second-order valence-corrected chi connectivity index (χ2v) is 3.98. The normalized spacial score (nSPS) is 12.2. The highest BCUT2D eigenvalue weighted by Crippen LogP contribution is 2.05. The molecule has 0 spiro atoms. The molecule has 82 valence electrons. The Hall–Kier alpha value is -1.09. The smallest absolute Gasteiger partial charge is 0.252 e. The zero-order valence-electron chi connectivity index (χ0n) is 8.96. The number of carbonyl (C=O) groups excluding carboxylic acids is 1. The molecular weight excluding hydrogens is 212 g/mol. The molecule has 1 atom stereocenters. The van der Waals surface area contributed by atoms with E-state index in [0.29, 0.717) is 23.2 Å². The minimum absolute atomic E-state index is 0.0977. The molecule has 3 nitrogen and oxygen atoms in total. The summed E-state index contributed by atoms with van der Waals surface area (Å²) in [4.78, 5) is 15.4. The lowest BCUT2D eigenvalue weighted by Gasteiger charge is -2.09. The minimum Gasteiger partial charge on any atom is -0.352 e. The van der Waals surface area contributed by atoms with E-state index >= 15 is 0 Å². The summed E-state index contributed by atoms with van der Waals surface area (Å²) >= 11 is 5.62. The van der Waals surface area contributed by atoms with Crippen molar-refractivity contribution >= 4 is 17.5 Å². The molecule has 1 unspecified atom stereocenters. The molecule has 0 radical (unpaired) electrons. The van der Waals surface area contributed by atoms with Gasteiger partial charge in [0.05, 0.1) is 5.56 Å².